The van der Waals surface area contributed by atoms with E-state index in [0.29, 0.717) is 17.7 Å². The van der Waals surface area contributed by atoms with E-state index >= 15 is 0 Å². The predicted molar refractivity (Wildman–Crippen MR) is 82.1 cm³/mol. The van der Waals surface area contributed by atoms with E-state index in [4.69, 9.17) is 5.26 Å². The van der Waals surface area contributed by atoms with Gasteiger partial charge in [0.2, 0.25) is 10.0 Å². The maximum absolute atomic E-state index is 12.3. The van der Waals surface area contributed by atoms with Crippen LogP contribution in [0.25, 0.3) is 0 Å². The van der Waals surface area contributed by atoms with E-state index in [-0.39, 0.29) is 5.75 Å². The van der Waals surface area contributed by atoms with Crippen molar-refractivity contribution in [1.29, 1.82) is 5.26 Å². The van der Waals surface area contributed by atoms with Gasteiger partial charge in [0.05, 0.1) is 28.6 Å². The number of hydrogen-bond donors (Lipinski definition) is 0. The third-order valence-electron chi connectivity index (χ3n) is 3.12. The zero-order chi connectivity index (χ0) is 15.5. The van der Waals surface area contributed by atoms with Crippen molar-refractivity contribution in [1.82, 2.24) is 9.29 Å². The van der Waals surface area contributed by atoms with Gasteiger partial charge in [0.1, 0.15) is 0 Å². The number of benzene rings is 1. The van der Waals surface area contributed by atoms with Crippen molar-refractivity contribution in [3.63, 3.8) is 0 Å². The third-order valence-corrected chi connectivity index (χ3v) is 5.81. The molecule has 0 aliphatic carbocycles. The molecule has 0 fully saturated rings. The summed E-state index contributed by atoms with van der Waals surface area (Å²) in [5, 5.41) is 8.74. The van der Waals surface area contributed by atoms with Crippen LogP contribution in [-0.4, -0.2) is 24.8 Å². The lowest BCUT2D eigenvalue weighted by atomic mass is 10.2. The Morgan fingerprint density at radius 1 is 1.33 bits per heavy atom. The molecule has 2 rings (SSSR count). The van der Waals surface area contributed by atoms with Crippen LogP contribution in [0.3, 0.4) is 0 Å². The highest BCUT2D eigenvalue weighted by molar-refractivity contribution is 7.88. The molecule has 5 nitrogen and oxygen atoms in total. The van der Waals surface area contributed by atoms with Gasteiger partial charge < -0.3 is 0 Å². The number of nitrogens with zero attached hydrogens (tertiary/aromatic N) is 3. The summed E-state index contributed by atoms with van der Waals surface area (Å²) in [7, 11) is -1.83. The summed E-state index contributed by atoms with van der Waals surface area (Å²) in [5.41, 5.74) is 3.76. The molecule has 21 heavy (non-hydrogen) atoms. The quantitative estimate of drug-likeness (QED) is 0.847. The van der Waals surface area contributed by atoms with Crippen LogP contribution in [0.2, 0.25) is 0 Å². The molecule has 0 aliphatic rings. The molecular weight excluding hydrogens is 306 g/mol. The number of aromatic nitrogens is 1. The molecule has 7 heteroatoms. The molecule has 0 spiro atoms. The van der Waals surface area contributed by atoms with Crippen LogP contribution in [0.1, 0.15) is 21.7 Å². The topological polar surface area (TPSA) is 74.1 Å². The molecule has 2 aromatic rings. The second-order valence-corrected chi connectivity index (χ2v) is 7.70. The minimum Gasteiger partial charge on any atom is -0.250 e. The SMILES string of the molecule is Cc1ncsc1CN(C)S(=O)(=O)Cc1ccc(C#N)cc1. The van der Waals surface area contributed by atoms with Gasteiger partial charge in [-0.15, -0.1) is 11.3 Å². The highest BCUT2D eigenvalue weighted by Gasteiger charge is 2.20. The van der Waals surface area contributed by atoms with Crippen molar-refractivity contribution in [2.45, 2.75) is 19.2 Å². The van der Waals surface area contributed by atoms with Gasteiger partial charge in [0, 0.05) is 18.5 Å². The molecule has 0 unspecified atom stereocenters. The van der Waals surface area contributed by atoms with Crippen LogP contribution in [0.15, 0.2) is 29.8 Å². The van der Waals surface area contributed by atoms with Crippen molar-refractivity contribution in [2.75, 3.05) is 7.05 Å². The highest BCUT2D eigenvalue weighted by Crippen LogP contribution is 2.18. The molecule has 0 saturated heterocycles. The Labute approximate surface area is 128 Å². The predicted octanol–water partition coefficient (Wildman–Crippen LogP) is 2.29. The van der Waals surface area contributed by atoms with Gasteiger partial charge in [-0.05, 0) is 24.6 Å². The van der Waals surface area contributed by atoms with Gasteiger partial charge in [-0.25, -0.2) is 13.4 Å². The monoisotopic (exact) mass is 321 g/mol. The number of sulfonamides is 1. The fourth-order valence-corrected chi connectivity index (χ4v) is 3.85. The summed E-state index contributed by atoms with van der Waals surface area (Å²) in [6.45, 7) is 2.20. The molecule has 1 aromatic heterocycles. The number of aryl methyl sites for hydroxylation is 1. The van der Waals surface area contributed by atoms with E-state index in [1.54, 1.807) is 36.8 Å². The van der Waals surface area contributed by atoms with Gasteiger partial charge in [0.25, 0.3) is 0 Å². The maximum atomic E-state index is 12.3. The van der Waals surface area contributed by atoms with Crippen molar-refractivity contribution >= 4 is 21.4 Å². The number of thiazole rings is 1. The van der Waals surface area contributed by atoms with E-state index < -0.39 is 10.0 Å². The van der Waals surface area contributed by atoms with E-state index in [2.05, 4.69) is 4.98 Å². The van der Waals surface area contributed by atoms with E-state index in [9.17, 15) is 8.42 Å². The van der Waals surface area contributed by atoms with Crippen LogP contribution >= 0.6 is 11.3 Å². The first kappa shape index (κ1) is 15.6. The summed E-state index contributed by atoms with van der Waals surface area (Å²) in [5.74, 6) is -0.0763. The molecule has 0 radical (unpaired) electrons. The van der Waals surface area contributed by atoms with Crippen molar-refractivity contribution < 1.29 is 8.42 Å². The molecule has 1 aromatic carbocycles. The zero-order valence-corrected chi connectivity index (χ0v) is 13.4. The van der Waals surface area contributed by atoms with E-state index in [0.717, 1.165) is 10.6 Å². The van der Waals surface area contributed by atoms with E-state index in [1.165, 1.54) is 15.6 Å². The summed E-state index contributed by atoms with van der Waals surface area (Å²) in [4.78, 5) is 5.07. The Bertz CT molecular complexity index is 758. The lowest BCUT2D eigenvalue weighted by Crippen LogP contribution is -2.27. The van der Waals surface area contributed by atoms with Gasteiger partial charge in [-0.3, -0.25) is 0 Å². The molecule has 0 aliphatic heterocycles. The molecule has 0 N–H and O–H groups in total. The standard InChI is InChI=1S/C14H15N3O2S2/c1-11-14(20-10-16-11)8-17(2)21(18,19)9-13-5-3-12(7-15)4-6-13/h3-6,10H,8-9H2,1-2H3. The lowest BCUT2D eigenvalue weighted by Gasteiger charge is -2.16. The molecule has 110 valence electrons. The normalized spacial score (nSPS) is 11.5. The van der Waals surface area contributed by atoms with Crippen LogP contribution in [0.5, 0.6) is 0 Å². The van der Waals surface area contributed by atoms with Crippen molar-refractivity contribution in [3.05, 3.63) is 51.5 Å². The van der Waals surface area contributed by atoms with Gasteiger partial charge in [0.15, 0.2) is 0 Å². The minimum atomic E-state index is -3.40. The second kappa shape index (κ2) is 6.35. The minimum absolute atomic E-state index is 0.0763. The number of rotatable bonds is 5. The maximum Gasteiger partial charge on any atom is 0.218 e. The van der Waals surface area contributed by atoms with Gasteiger partial charge in [-0.2, -0.15) is 9.57 Å². The van der Waals surface area contributed by atoms with E-state index in [1.807, 2.05) is 13.0 Å². The second-order valence-electron chi connectivity index (χ2n) is 4.68. The summed E-state index contributed by atoms with van der Waals surface area (Å²) < 4.78 is 26.0. The van der Waals surface area contributed by atoms with Crippen LogP contribution < -0.4 is 0 Å². The molecular formula is C14H15N3O2S2. The summed E-state index contributed by atoms with van der Waals surface area (Å²) in [6, 6.07) is 8.59. The van der Waals surface area contributed by atoms with Crippen molar-refractivity contribution in [3.8, 4) is 6.07 Å². The molecule has 0 bridgehead atoms. The van der Waals surface area contributed by atoms with Crippen LogP contribution in [0.4, 0.5) is 0 Å². The zero-order valence-electron chi connectivity index (χ0n) is 11.8. The Morgan fingerprint density at radius 3 is 2.52 bits per heavy atom. The highest BCUT2D eigenvalue weighted by atomic mass is 32.2. The van der Waals surface area contributed by atoms with Crippen molar-refractivity contribution in [2.24, 2.45) is 0 Å². The smallest absolute Gasteiger partial charge is 0.218 e. The molecule has 0 atom stereocenters. The summed E-state index contributed by atoms with van der Waals surface area (Å²) in [6.07, 6.45) is 0. The number of hydrogen-bond acceptors (Lipinski definition) is 5. The third kappa shape index (κ3) is 3.88. The van der Waals surface area contributed by atoms with Crippen LogP contribution in [0, 0.1) is 18.3 Å². The average molecular weight is 321 g/mol. The first-order valence-corrected chi connectivity index (χ1v) is 8.73. The summed E-state index contributed by atoms with van der Waals surface area (Å²) >= 11 is 1.45. The molecule has 0 saturated carbocycles. The Hall–Kier alpha value is -1.75. The lowest BCUT2D eigenvalue weighted by molar-refractivity contribution is 0.468. The fourth-order valence-electron chi connectivity index (χ4n) is 1.77. The number of nitriles is 1. The molecule has 0 amide bonds. The average Bonchev–Trinajstić information content (AvgIpc) is 2.85. The largest absolute Gasteiger partial charge is 0.250 e. The van der Waals surface area contributed by atoms with Gasteiger partial charge in [-0.1, -0.05) is 12.1 Å². The fraction of sp³-hybridized carbons (Fsp3) is 0.286. The first-order valence-electron chi connectivity index (χ1n) is 6.24. The molecule has 1 heterocycles. The van der Waals surface area contributed by atoms with Gasteiger partial charge >= 0.3 is 0 Å². The van der Waals surface area contributed by atoms with Crippen LogP contribution in [-0.2, 0) is 22.3 Å². The first-order chi connectivity index (χ1) is 9.92. The Balaban J connectivity index is 2.10. The Morgan fingerprint density at radius 2 is 2.00 bits per heavy atom. The Kier molecular flexibility index (Phi) is 4.73.